The van der Waals surface area contributed by atoms with E-state index in [9.17, 15) is 13.6 Å². The van der Waals surface area contributed by atoms with Crippen molar-refractivity contribution in [2.75, 3.05) is 0 Å². The molecule has 0 radical (unpaired) electrons. The predicted octanol–water partition coefficient (Wildman–Crippen LogP) is 2.30. The molecule has 0 aliphatic carbocycles. The minimum Gasteiger partial charge on any atom is -0.453 e. The van der Waals surface area contributed by atoms with Crippen LogP contribution in [0.3, 0.4) is 0 Å². The molecule has 0 aliphatic rings. The maximum Gasteiger partial charge on any atom is 0.373 e. The Balaban J connectivity index is 0.000000873. The first-order valence-corrected chi connectivity index (χ1v) is 4.96. The van der Waals surface area contributed by atoms with Gasteiger partial charge in [0, 0.05) is 6.92 Å². The smallest absolute Gasteiger partial charge is 0.373 e. The number of hydrogen-bond donors (Lipinski definition) is 0. The molecule has 98 valence electrons. The van der Waals surface area contributed by atoms with Gasteiger partial charge < -0.3 is 4.74 Å². The Morgan fingerprint density at radius 3 is 2.11 bits per heavy atom. The topological polar surface area (TPSA) is 60.4 Å². The molecular weight excluding hydrogens is 246 g/mol. The van der Waals surface area contributed by atoms with Crippen LogP contribution in [0.25, 0.3) is 0 Å². The van der Waals surface area contributed by atoms with E-state index in [2.05, 4.69) is 4.74 Å². The van der Waals surface area contributed by atoms with E-state index in [1.165, 1.54) is 19.1 Å². The Bertz CT molecular complexity index is 406. The Hall–Kier alpha value is -2.07. The van der Waals surface area contributed by atoms with Gasteiger partial charge in [0.15, 0.2) is 6.10 Å². The minimum atomic E-state index is -3.02. The Morgan fingerprint density at radius 1 is 1.28 bits per heavy atom. The summed E-state index contributed by atoms with van der Waals surface area (Å²) in [4.78, 5) is 27.6. The summed E-state index contributed by atoms with van der Waals surface area (Å²) in [6.07, 6.45) is -1.18. The zero-order valence-corrected chi connectivity index (χ0v) is 9.85. The second-order valence-corrected chi connectivity index (χ2v) is 3.45. The van der Waals surface area contributed by atoms with Gasteiger partial charge in [0.25, 0.3) is 5.92 Å². The molecule has 0 spiro atoms. The van der Waals surface area contributed by atoms with Crippen molar-refractivity contribution in [2.45, 2.75) is 25.9 Å². The summed E-state index contributed by atoms with van der Waals surface area (Å²) in [6.45, 7) is 1.89. The predicted molar refractivity (Wildman–Crippen MR) is 56.9 cm³/mol. The number of carbonyl (C=O) groups is 1. The van der Waals surface area contributed by atoms with Crippen molar-refractivity contribution >= 4 is 12.1 Å². The fourth-order valence-electron chi connectivity index (χ4n) is 0.906. The van der Waals surface area contributed by atoms with Crippen molar-refractivity contribution in [2.24, 2.45) is 0 Å². The highest BCUT2D eigenvalue weighted by Crippen LogP contribution is 2.20. The summed E-state index contributed by atoms with van der Waals surface area (Å²) in [5, 5.41) is 0. The lowest BCUT2D eigenvalue weighted by atomic mass is 10.2. The average Bonchev–Trinajstić information content (AvgIpc) is 2.30. The van der Waals surface area contributed by atoms with Gasteiger partial charge in [-0.05, 0) is 19.1 Å². The monoisotopic (exact) mass is 258 g/mol. The standard InChI is InChI=1S/C11H12F2O2.CO2/c1-8(11(2,12)13)15-10(14)9-6-4-3-5-7-9;2-1-3/h3-8H,1-2H3;. The lowest BCUT2D eigenvalue weighted by molar-refractivity contribution is -0.191. The molecule has 0 aromatic heterocycles. The van der Waals surface area contributed by atoms with Crippen LogP contribution in [0.15, 0.2) is 30.3 Å². The molecule has 0 saturated heterocycles. The lowest BCUT2D eigenvalue weighted by Crippen LogP contribution is -2.32. The fourth-order valence-corrected chi connectivity index (χ4v) is 0.906. The molecule has 18 heavy (non-hydrogen) atoms. The summed E-state index contributed by atoms with van der Waals surface area (Å²) in [6, 6.07) is 8.05. The van der Waals surface area contributed by atoms with Crippen LogP contribution in [0.4, 0.5) is 8.78 Å². The normalized spacial score (nSPS) is 11.6. The van der Waals surface area contributed by atoms with E-state index >= 15 is 0 Å². The zero-order chi connectivity index (χ0) is 14.2. The Morgan fingerprint density at radius 2 is 1.72 bits per heavy atom. The molecule has 6 heteroatoms. The summed E-state index contributed by atoms with van der Waals surface area (Å²) in [5.41, 5.74) is 0.272. The molecular formula is C12H12F2O4. The lowest BCUT2D eigenvalue weighted by Gasteiger charge is -2.19. The van der Waals surface area contributed by atoms with Gasteiger partial charge in [-0.15, -0.1) is 0 Å². The first-order chi connectivity index (χ1) is 8.32. The zero-order valence-electron chi connectivity index (χ0n) is 9.85. The van der Waals surface area contributed by atoms with Crippen molar-refractivity contribution in [1.82, 2.24) is 0 Å². The number of esters is 1. The van der Waals surface area contributed by atoms with E-state index in [0.717, 1.165) is 6.92 Å². The molecule has 4 nitrogen and oxygen atoms in total. The van der Waals surface area contributed by atoms with Crippen molar-refractivity contribution in [1.29, 1.82) is 0 Å². The highest BCUT2D eigenvalue weighted by molar-refractivity contribution is 5.89. The summed E-state index contributed by atoms with van der Waals surface area (Å²) >= 11 is 0. The molecule has 1 rings (SSSR count). The fraction of sp³-hybridized carbons (Fsp3) is 0.333. The highest BCUT2D eigenvalue weighted by Gasteiger charge is 2.33. The molecule has 0 bridgehead atoms. The van der Waals surface area contributed by atoms with E-state index in [-0.39, 0.29) is 11.7 Å². The molecule has 0 saturated carbocycles. The maximum absolute atomic E-state index is 12.7. The van der Waals surface area contributed by atoms with Gasteiger partial charge in [0.2, 0.25) is 0 Å². The molecule has 0 N–H and O–H groups in total. The molecule has 0 heterocycles. The number of ether oxygens (including phenoxy) is 1. The van der Waals surface area contributed by atoms with Gasteiger partial charge in [-0.1, -0.05) is 18.2 Å². The molecule has 1 atom stereocenters. The van der Waals surface area contributed by atoms with E-state index < -0.39 is 18.0 Å². The van der Waals surface area contributed by atoms with Crippen molar-refractivity contribution in [3.63, 3.8) is 0 Å². The van der Waals surface area contributed by atoms with Crippen LogP contribution in [0, 0.1) is 0 Å². The van der Waals surface area contributed by atoms with Crippen LogP contribution >= 0.6 is 0 Å². The molecule has 0 amide bonds. The van der Waals surface area contributed by atoms with Gasteiger partial charge in [-0.25, -0.2) is 13.6 Å². The highest BCUT2D eigenvalue weighted by atomic mass is 19.3. The quantitative estimate of drug-likeness (QED) is 0.780. The summed E-state index contributed by atoms with van der Waals surface area (Å²) in [7, 11) is 0. The van der Waals surface area contributed by atoms with Crippen LogP contribution in [0.1, 0.15) is 24.2 Å². The molecule has 1 aromatic carbocycles. The maximum atomic E-state index is 12.7. The van der Waals surface area contributed by atoms with E-state index in [0.29, 0.717) is 0 Å². The summed E-state index contributed by atoms with van der Waals surface area (Å²) in [5.74, 6) is -3.76. The van der Waals surface area contributed by atoms with Crippen LogP contribution in [-0.4, -0.2) is 24.1 Å². The van der Waals surface area contributed by atoms with Gasteiger partial charge in [0.1, 0.15) is 0 Å². The number of alkyl halides is 2. The molecule has 0 fully saturated rings. The van der Waals surface area contributed by atoms with E-state index in [1.807, 2.05) is 0 Å². The van der Waals surface area contributed by atoms with Crippen LogP contribution in [-0.2, 0) is 14.3 Å². The third kappa shape index (κ3) is 5.86. The van der Waals surface area contributed by atoms with Crippen LogP contribution < -0.4 is 0 Å². The minimum absolute atomic E-state index is 0.250. The number of carbonyl (C=O) groups excluding carboxylic acids is 3. The number of halogens is 2. The van der Waals surface area contributed by atoms with E-state index in [4.69, 9.17) is 9.59 Å². The average molecular weight is 258 g/mol. The largest absolute Gasteiger partial charge is 0.453 e. The summed E-state index contributed by atoms with van der Waals surface area (Å²) < 4.78 is 30.0. The molecule has 0 aliphatic heterocycles. The first kappa shape index (κ1) is 15.9. The SMILES string of the molecule is CC(OC(=O)c1ccccc1)C(C)(F)F.O=C=O. The number of rotatable bonds is 3. The third-order valence-corrected chi connectivity index (χ3v) is 2.01. The van der Waals surface area contributed by atoms with E-state index in [1.54, 1.807) is 18.2 Å². The van der Waals surface area contributed by atoms with Gasteiger partial charge in [0.05, 0.1) is 5.56 Å². The van der Waals surface area contributed by atoms with Gasteiger partial charge in [-0.3, -0.25) is 0 Å². The van der Waals surface area contributed by atoms with Gasteiger partial charge >= 0.3 is 12.1 Å². The van der Waals surface area contributed by atoms with Gasteiger partial charge in [-0.2, -0.15) is 9.59 Å². The number of hydrogen-bond acceptors (Lipinski definition) is 4. The Kier molecular flexibility index (Phi) is 6.45. The Labute approximate surface area is 103 Å². The van der Waals surface area contributed by atoms with Crippen LogP contribution in [0.2, 0.25) is 0 Å². The van der Waals surface area contributed by atoms with Crippen LogP contribution in [0.5, 0.6) is 0 Å². The molecule has 1 aromatic rings. The van der Waals surface area contributed by atoms with Crippen molar-refractivity contribution < 1.29 is 27.9 Å². The first-order valence-electron chi connectivity index (χ1n) is 4.96. The van der Waals surface area contributed by atoms with Crippen molar-refractivity contribution in [3.8, 4) is 0 Å². The third-order valence-electron chi connectivity index (χ3n) is 2.01. The number of benzene rings is 1. The second kappa shape index (κ2) is 7.29. The second-order valence-electron chi connectivity index (χ2n) is 3.45. The van der Waals surface area contributed by atoms with Crippen molar-refractivity contribution in [3.05, 3.63) is 35.9 Å². The molecule has 1 unspecified atom stereocenters.